The van der Waals surface area contributed by atoms with E-state index in [4.69, 9.17) is 0 Å². The number of nitrogens with zero attached hydrogens (tertiary/aromatic N) is 5. The van der Waals surface area contributed by atoms with Crippen molar-refractivity contribution in [2.24, 2.45) is 0 Å². The lowest BCUT2D eigenvalue weighted by atomic mass is 9.71. The van der Waals surface area contributed by atoms with Crippen molar-refractivity contribution >= 4 is 28.3 Å². The molecule has 0 bridgehead atoms. The third-order valence-electron chi connectivity index (χ3n) is 7.33. The quantitative estimate of drug-likeness (QED) is 0.384. The van der Waals surface area contributed by atoms with E-state index in [1.165, 1.54) is 23.5 Å². The third-order valence-corrected chi connectivity index (χ3v) is 7.33. The summed E-state index contributed by atoms with van der Waals surface area (Å²) in [5.74, 6) is -0.402. The number of benzene rings is 2. The number of H-pyrrole nitrogens is 1. The molecule has 1 atom stereocenters. The molecule has 2 aromatic heterocycles. The number of halogens is 4. The molecule has 2 aliphatic rings. The van der Waals surface area contributed by atoms with Gasteiger partial charge in [0.05, 0.1) is 41.2 Å². The Morgan fingerprint density at radius 3 is 2.63 bits per heavy atom. The highest BCUT2D eigenvalue weighted by Gasteiger charge is 2.56. The average molecular weight is 526 g/mol. The van der Waals surface area contributed by atoms with Crippen LogP contribution >= 0.6 is 0 Å². The van der Waals surface area contributed by atoms with Gasteiger partial charge in [0, 0.05) is 24.0 Å². The van der Waals surface area contributed by atoms with Crippen molar-refractivity contribution in [1.29, 1.82) is 0 Å². The molecule has 1 amide bonds. The van der Waals surface area contributed by atoms with Gasteiger partial charge in [-0.15, -0.1) is 0 Å². The molecule has 0 radical (unpaired) electrons. The van der Waals surface area contributed by atoms with Gasteiger partial charge in [-0.1, -0.05) is 12.1 Å². The fraction of sp³-hybridized carbons (Fsp3) is 0.308. The second-order valence-corrected chi connectivity index (χ2v) is 9.91. The summed E-state index contributed by atoms with van der Waals surface area (Å²) in [6.45, 7) is 2.55. The Balaban J connectivity index is 1.43. The molecule has 1 spiro atoms. The van der Waals surface area contributed by atoms with Crippen LogP contribution < -0.4 is 10.2 Å². The van der Waals surface area contributed by atoms with Gasteiger partial charge in [-0.2, -0.15) is 18.3 Å². The van der Waals surface area contributed by atoms with Crippen LogP contribution in [-0.2, 0) is 22.9 Å². The lowest BCUT2D eigenvalue weighted by Crippen LogP contribution is -2.68. The number of amides is 1. The second-order valence-electron chi connectivity index (χ2n) is 9.91. The molecule has 2 aromatic carbocycles. The first-order chi connectivity index (χ1) is 18.1. The van der Waals surface area contributed by atoms with E-state index in [0.717, 1.165) is 12.1 Å². The zero-order chi connectivity index (χ0) is 26.8. The minimum absolute atomic E-state index is 0.0141. The van der Waals surface area contributed by atoms with Crippen molar-refractivity contribution in [2.45, 2.75) is 31.1 Å². The molecule has 6 rings (SSSR count). The predicted octanol–water partition coefficient (Wildman–Crippen LogP) is 4.41. The van der Waals surface area contributed by atoms with Crippen LogP contribution in [0.5, 0.6) is 0 Å². The van der Waals surface area contributed by atoms with E-state index in [1.807, 2.05) is 11.9 Å². The molecule has 8 nitrogen and oxygen atoms in total. The Bertz CT molecular complexity index is 1560. The Morgan fingerprint density at radius 1 is 1.16 bits per heavy atom. The summed E-state index contributed by atoms with van der Waals surface area (Å²) < 4.78 is 55.6. The lowest BCUT2D eigenvalue weighted by Gasteiger charge is -2.51. The van der Waals surface area contributed by atoms with Crippen LogP contribution in [0.15, 0.2) is 48.9 Å². The molecule has 2 N–H and O–H groups in total. The molecule has 2 aliphatic heterocycles. The van der Waals surface area contributed by atoms with Gasteiger partial charge in [0.25, 0.3) is 0 Å². The van der Waals surface area contributed by atoms with Crippen molar-refractivity contribution in [3.8, 4) is 0 Å². The SMILES string of the molecule is C[C@@H](Nc1ncnc2c1CN(c1ccccc1F)C(=O)C21CN(C)C1)c1cc(C(F)(F)F)cc2[nH]ncc12. The summed E-state index contributed by atoms with van der Waals surface area (Å²) in [5.41, 5.74) is 0.184. The zero-order valence-electron chi connectivity index (χ0n) is 20.5. The number of alkyl halides is 3. The number of nitrogens with one attached hydrogen (secondary N) is 2. The van der Waals surface area contributed by atoms with Gasteiger partial charge in [-0.25, -0.2) is 14.4 Å². The summed E-state index contributed by atoms with van der Waals surface area (Å²) in [5, 5.41) is 10.3. The molecule has 1 fully saturated rings. The van der Waals surface area contributed by atoms with Crippen LogP contribution in [-0.4, -0.2) is 51.1 Å². The topological polar surface area (TPSA) is 90.0 Å². The lowest BCUT2D eigenvalue weighted by molar-refractivity contribution is -0.137. The van der Waals surface area contributed by atoms with Gasteiger partial charge in [0.1, 0.15) is 23.4 Å². The van der Waals surface area contributed by atoms with E-state index in [-0.39, 0.29) is 23.7 Å². The van der Waals surface area contributed by atoms with Crippen molar-refractivity contribution in [1.82, 2.24) is 25.1 Å². The summed E-state index contributed by atoms with van der Waals surface area (Å²) in [4.78, 5) is 26.0. The third kappa shape index (κ3) is 3.70. The van der Waals surface area contributed by atoms with Crippen molar-refractivity contribution < 1.29 is 22.4 Å². The number of anilines is 2. The van der Waals surface area contributed by atoms with Gasteiger partial charge in [-0.05, 0) is 43.8 Å². The number of aromatic nitrogens is 4. The zero-order valence-corrected chi connectivity index (χ0v) is 20.5. The molecule has 12 heteroatoms. The van der Waals surface area contributed by atoms with Gasteiger partial charge in [0.2, 0.25) is 5.91 Å². The normalized spacial score (nSPS) is 17.9. The molecule has 4 aromatic rings. The number of rotatable bonds is 4. The number of carbonyl (C=O) groups is 1. The highest BCUT2D eigenvalue weighted by molar-refractivity contribution is 6.04. The maximum Gasteiger partial charge on any atom is 0.416 e. The van der Waals surface area contributed by atoms with Crippen LogP contribution in [0.1, 0.15) is 35.3 Å². The molecule has 4 heterocycles. The van der Waals surface area contributed by atoms with E-state index in [1.54, 1.807) is 25.1 Å². The Labute approximate surface area is 214 Å². The number of fused-ring (bicyclic) bond motifs is 3. The van der Waals surface area contributed by atoms with E-state index in [2.05, 4.69) is 25.5 Å². The maximum atomic E-state index is 14.8. The fourth-order valence-electron chi connectivity index (χ4n) is 5.60. The van der Waals surface area contributed by atoms with Gasteiger partial charge in [0.15, 0.2) is 0 Å². The Hall–Kier alpha value is -4.06. The minimum Gasteiger partial charge on any atom is -0.363 e. The van der Waals surface area contributed by atoms with Crippen molar-refractivity contribution in [3.05, 3.63) is 77.1 Å². The number of aromatic amines is 1. The van der Waals surface area contributed by atoms with E-state index in [9.17, 15) is 22.4 Å². The molecule has 0 unspecified atom stereocenters. The highest BCUT2D eigenvalue weighted by Crippen LogP contribution is 2.44. The first-order valence-electron chi connectivity index (χ1n) is 12.0. The Kier molecular flexibility index (Phi) is 5.42. The first-order valence-corrected chi connectivity index (χ1v) is 12.0. The number of para-hydroxylation sites is 1. The maximum absolute atomic E-state index is 14.8. The van der Waals surface area contributed by atoms with Crippen LogP contribution in [0.2, 0.25) is 0 Å². The average Bonchev–Trinajstić information content (AvgIpc) is 3.33. The van der Waals surface area contributed by atoms with Crippen LogP contribution in [0.25, 0.3) is 10.9 Å². The molecule has 0 saturated carbocycles. The number of hydrogen-bond acceptors (Lipinski definition) is 6. The predicted molar refractivity (Wildman–Crippen MR) is 132 cm³/mol. The van der Waals surface area contributed by atoms with Crippen molar-refractivity contribution in [2.75, 3.05) is 30.4 Å². The monoisotopic (exact) mass is 525 g/mol. The summed E-state index contributed by atoms with van der Waals surface area (Å²) in [7, 11) is 1.88. The first kappa shape index (κ1) is 24.3. The highest BCUT2D eigenvalue weighted by atomic mass is 19.4. The van der Waals surface area contributed by atoms with E-state index < -0.39 is 29.0 Å². The molecule has 196 valence electrons. The smallest absolute Gasteiger partial charge is 0.363 e. The molecule has 0 aliphatic carbocycles. The van der Waals surface area contributed by atoms with Crippen molar-refractivity contribution in [3.63, 3.8) is 0 Å². The number of likely N-dealkylation sites (N-methyl/N-ethyl adjacent to an activating group) is 1. The molecular weight excluding hydrogens is 502 g/mol. The number of likely N-dealkylation sites (tertiary alicyclic amines) is 1. The van der Waals surface area contributed by atoms with Gasteiger partial charge in [-0.3, -0.25) is 9.89 Å². The van der Waals surface area contributed by atoms with E-state index in [0.29, 0.717) is 41.1 Å². The fourth-order valence-corrected chi connectivity index (χ4v) is 5.60. The number of hydrogen-bond donors (Lipinski definition) is 2. The van der Waals surface area contributed by atoms with E-state index >= 15 is 0 Å². The minimum atomic E-state index is -4.54. The standard InChI is InChI=1S/C26H23F4N7O/c1-14(16-7-15(26(28,29)30)8-20-17(16)9-33-35-20)34-23-18-10-37(21-6-4-3-5-19(21)27)24(38)25(11-36(2)12-25)22(18)31-13-32-23/h3-9,13-14H,10-12H2,1-2H3,(H,33,35)(H,31,32,34)/t14-/m1/s1. The molecule has 38 heavy (non-hydrogen) atoms. The van der Waals surface area contributed by atoms with Crippen LogP contribution in [0.3, 0.4) is 0 Å². The summed E-state index contributed by atoms with van der Waals surface area (Å²) in [6, 6.07) is 7.57. The Morgan fingerprint density at radius 2 is 1.92 bits per heavy atom. The summed E-state index contributed by atoms with van der Waals surface area (Å²) in [6.07, 6.45) is -1.71. The summed E-state index contributed by atoms with van der Waals surface area (Å²) >= 11 is 0. The van der Waals surface area contributed by atoms with Gasteiger partial charge < -0.3 is 15.1 Å². The number of carbonyl (C=O) groups excluding carboxylic acids is 1. The second kappa shape index (κ2) is 8.48. The van der Waals surface area contributed by atoms with Gasteiger partial charge >= 0.3 is 6.18 Å². The largest absolute Gasteiger partial charge is 0.416 e. The molecular formula is C26H23F4N7O. The molecule has 1 saturated heterocycles. The van der Waals surface area contributed by atoms with Crippen LogP contribution in [0.4, 0.5) is 29.1 Å². The van der Waals surface area contributed by atoms with Crippen LogP contribution in [0, 0.1) is 5.82 Å².